The molecule has 0 saturated heterocycles. The van der Waals surface area contributed by atoms with Crippen LogP contribution in [0.4, 0.5) is 11.4 Å². The van der Waals surface area contributed by atoms with Crippen molar-refractivity contribution in [2.45, 2.75) is 32.9 Å². The van der Waals surface area contributed by atoms with Crippen molar-refractivity contribution >= 4 is 23.2 Å². The number of amides is 2. The summed E-state index contributed by atoms with van der Waals surface area (Å²) in [7, 11) is 3.64. The second-order valence-corrected chi connectivity index (χ2v) is 9.95. The quantitative estimate of drug-likeness (QED) is 0.457. The zero-order valence-corrected chi connectivity index (χ0v) is 23.3. The normalized spacial score (nSPS) is 14.7. The van der Waals surface area contributed by atoms with Crippen molar-refractivity contribution in [2.24, 2.45) is 0 Å². The van der Waals surface area contributed by atoms with Crippen LogP contribution >= 0.6 is 0 Å². The molecule has 1 aliphatic rings. The molecule has 0 N–H and O–H groups in total. The van der Waals surface area contributed by atoms with E-state index >= 15 is 0 Å². The molecule has 206 valence electrons. The largest absolute Gasteiger partial charge is 0.495 e. The molecule has 0 spiro atoms. The third kappa shape index (κ3) is 7.57. The van der Waals surface area contributed by atoms with Crippen LogP contribution < -0.4 is 14.5 Å². The van der Waals surface area contributed by atoms with Gasteiger partial charge in [-0.1, -0.05) is 36.4 Å². The molecule has 8 nitrogen and oxygen atoms in total. The Morgan fingerprint density at radius 2 is 1.77 bits per heavy atom. The zero-order chi connectivity index (χ0) is 27.6. The number of benzene rings is 2. The Labute approximate surface area is 231 Å². The van der Waals surface area contributed by atoms with Gasteiger partial charge in [-0.2, -0.15) is 0 Å². The lowest BCUT2D eigenvalue weighted by atomic mass is 10.1. The standard InChI is InChI=1S/C31H39N5O3/c1-25(37)36-18-9-17-34(23-26-10-8-16-32-22-26)20-21-35(24-27-11-4-5-12-28(27)36)31(38)15-19-33(2)29-13-6-7-14-30(29)39-3/h4-8,10-14,16,22H,9,15,17-21,23-24H2,1-3H3. The number of methoxy groups -OCH3 is 1. The number of ether oxygens (including phenoxy) is 1. The minimum absolute atomic E-state index is 0.0109. The highest BCUT2D eigenvalue weighted by Crippen LogP contribution is 2.27. The van der Waals surface area contributed by atoms with Gasteiger partial charge in [-0.15, -0.1) is 0 Å². The van der Waals surface area contributed by atoms with E-state index in [1.807, 2.05) is 77.6 Å². The predicted molar refractivity (Wildman–Crippen MR) is 155 cm³/mol. The van der Waals surface area contributed by atoms with Crippen LogP contribution in [0.1, 0.15) is 30.9 Å². The van der Waals surface area contributed by atoms with Gasteiger partial charge in [0.25, 0.3) is 0 Å². The van der Waals surface area contributed by atoms with Gasteiger partial charge < -0.3 is 19.4 Å². The highest BCUT2D eigenvalue weighted by Gasteiger charge is 2.23. The third-order valence-corrected chi connectivity index (χ3v) is 7.21. The Hall–Kier alpha value is -3.91. The molecule has 0 bridgehead atoms. The minimum atomic E-state index is 0.0109. The molecule has 0 fully saturated rings. The summed E-state index contributed by atoms with van der Waals surface area (Å²) in [6.45, 7) is 6.18. The molecule has 2 heterocycles. The summed E-state index contributed by atoms with van der Waals surface area (Å²) in [5, 5.41) is 0. The maximum absolute atomic E-state index is 13.7. The van der Waals surface area contributed by atoms with E-state index < -0.39 is 0 Å². The predicted octanol–water partition coefficient (Wildman–Crippen LogP) is 4.20. The number of rotatable bonds is 7. The summed E-state index contributed by atoms with van der Waals surface area (Å²) < 4.78 is 5.51. The van der Waals surface area contributed by atoms with Gasteiger partial charge in [-0.3, -0.25) is 19.5 Å². The molecule has 0 aliphatic carbocycles. The van der Waals surface area contributed by atoms with Crippen molar-refractivity contribution in [3.8, 4) is 5.75 Å². The SMILES string of the molecule is COc1ccccc1N(C)CCC(=O)N1CCN(Cc2cccnc2)CCCN(C(C)=O)c2ccccc2C1. The van der Waals surface area contributed by atoms with Gasteiger partial charge in [0.1, 0.15) is 5.75 Å². The van der Waals surface area contributed by atoms with Crippen LogP contribution in [0.2, 0.25) is 0 Å². The maximum atomic E-state index is 13.7. The number of para-hydroxylation sites is 3. The molecular weight excluding hydrogens is 490 g/mol. The van der Waals surface area contributed by atoms with E-state index in [4.69, 9.17) is 4.74 Å². The number of fused-ring (bicyclic) bond motifs is 1. The Morgan fingerprint density at radius 3 is 2.54 bits per heavy atom. The molecule has 8 heteroatoms. The number of pyridine rings is 1. The Balaban J connectivity index is 1.55. The van der Waals surface area contributed by atoms with Crippen LogP contribution in [-0.4, -0.2) is 73.5 Å². The summed E-state index contributed by atoms with van der Waals surface area (Å²) in [6, 6.07) is 19.8. The average molecular weight is 530 g/mol. The van der Waals surface area contributed by atoms with Crippen molar-refractivity contribution in [1.82, 2.24) is 14.8 Å². The number of anilines is 2. The summed E-state index contributed by atoms with van der Waals surface area (Å²) in [6.07, 6.45) is 4.88. The molecule has 2 aromatic carbocycles. The number of hydrogen-bond acceptors (Lipinski definition) is 6. The summed E-state index contributed by atoms with van der Waals surface area (Å²) in [4.78, 5) is 38.8. The van der Waals surface area contributed by atoms with E-state index in [1.54, 1.807) is 20.2 Å². The maximum Gasteiger partial charge on any atom is 0.224 e. The lowest BCUT2D eigenvalue weighted by molar-refractivity contribution is -0.131. The van der Waals surface area contributed by atoms with Crippen LogP contribution in [-0.2, 0) is 22.7 Å². The topological polar surface area (TPSA) is 69.2 Å². The smallest absolute Gasteiger partial charge is 0.224 e. The number of nitrogens with zero attached hydrogens (tertiary/aromatic N) is 5. The molecule has 0 unspecified atom stereocenters. The second-order valence-electron chi connectivity index (χ2n) is 9.95. The molecule has 1 aliphatic heterocycles. The van der Waals surface area contributed by atoms with Crippen LogP contribution in [0.3, 0.4) is 0 Å². The van der Waals surface area contributed by atoms with E-state index in [9.17, 15) is 9.59 Å². The number of carbonyl (C=O) groups is 2. The van der Waals surface area contributed by atoms with Crippen LogP contribution in [0.15, 0.2) is 73.1 Å². The van der Waals surface area contributed by atoms with Gasteiger partial charge in [0.05, 0.1) is 12.8 Å². The molecule has 0 radical (unpaired) electrons. The van der Waals surface area contributed by atoms with E-state index in [-0.39, 0.29) is 11.8 Å². The molecular formula is C31H39N5O3. The van der Waals surface area contributed by atoms with Crippen molar-refractivity contribution in [2.75, 3.05) is 56.7 Å². The highest BCUT2D eigenvalue weighted by atomic mass is 16.5. The zero-order valence-electron chi connectivity index (χ0n) is 23.3. The fourth-order valence-corrected chi connectivity index (χ4v) is 5.07. The second kappa shape index (κ2) is 13.8. The fraction of sp³-hybridized carbons (Fsp3) is 0.387. The van der Waals surface area contributed by atoms with Gasteiger partial charge in [0.2, 0.25) is 11.8 Å². The van der Waals surface area contributed by atoms with Crippen LogP contribution in [0.25, 0.3) is 0 Å². The summed E-state index contributed by atoms with van der Waals surface area (Å²) in [5.41, 5.74) is 3.96. The van der Waals surface area contributed by atoms with Crippen molar-refractivity contribution in [1.29, 1.82) is 0 Å². The highest BCUT2D eigenvalue weighted by molar-refractivity contribution is 5.92. The first kappa shape index (κ1) is 28.1. The minimum Gasteiger partial charge on any atom is -0.495 e. The lowest BCUT2D eigenvalue weighted by Crippen LogP contribution is -2.39. The molecule has 3 aromatic rings. The Bertz CT molecular complexity index is 1240. The fourth-order valence-electron chi connectivity index (χ4n) is 5.07. The van der Waals surface area contributed by atoms with E-state index in [2.05, 4.69) is 20.9 Å². The molecule has 2 amide bonds. The lowest BCUT2D eigenvalue weighted by Gasteiger charge is -2.29. The van der Waals surface area contributed by atoms with Gasteiger partial charge in [0, 0.05) is 84.3 Å². The summed E-state index contributed by atoms with van der Waals surface area (Å²) >= 11 is 0. The first-order valence-electron chi connectivity index (χ1n) is 13.6. The van der Waals surface area contributed by atoms with Crippen molar-refractivity contribution in [3.05, 3.63) is 84.2 Å². The van der Waals surface area contributed by atoms with Crippen LogP contribution in [0.5, 0.6) is 5.75 Å². The molecule has 39 heavy (non-hydrogen) atoms. The first-order chi connectivity index (χ1) is 19.0. The molecule has 0 atom stereocenters. The number of carbonyl (C=O) groups excluding carboxylic acids is 2. The van der Waals surface area contributed by atoms with E-state index in [0.717, 1.165) is 54.3 Å². The average Bonchev–Trinajstić information content (AvgIpc) is 2.99. The first-order valence-corrected chi connectivity index (χ1v) is 13.6. The van der Waals surface area contributed by atoms with Crippen LogP contribution in [0, 0.1) is 0 Å². The van der Waals surface area contributed by atoms with E-state index in [0.29, 0.717) is 32.6 Å². The molecule has 0 saturated carbocycles. The van der Waals surface area contributed by atoms with E-state index in [1.165, 1.54) is 0 Å². The summed E-state index contributed by atoms with van der Waals surface area (Å²) in [5.74, 6) is 0.880. The van der Waals surface area contributed by atoms with Gasteiger partial charge in [0.15, 0.2) is 0 Å². The Morgan fingerprint density at radius 1 is 0.974 bits per heavy atom. The number of hydrogen-bond donors (Lipinski definition) is 0. The van der Waals surface area contributed by atoms with Gasteiger partial charge in [-0.25, -0.2) is 0 Å². The molecule has 4 rings (SSSR count). The van der Waals surface area contributed by atoms with Crippen molar-refractivity contribution in [3.63, 3.8) is 0 Å². The van der Waals surface area contributed by atoms with Gasteiger partial charge >= 0.3 is 0 Å². The monoisotopic (exact) mass is 529 g/mol. The molecule has 1 aromatic heterocycles. The van der Waals surface area contributed by atoms with Gasteiger partial charge in [-0.05, 0) is 41.8 Å². The number of aromatic nitrogens is 1. The third-order valence-electron chi connectivity index (χ3n) is 7.21. The van der Waals surface area contributed by atoms with Crippen molar-refractivity contribution < 1.29 is 14.3 Å². The Kier molecular flexibility index (Phi) is 9.91.